The minimum Gasteiger partial charge on any atom is -0.507 e. The van der Waals surface area contributed by atoms with E-state index < -0.39 is 49.0 Å². The van der Waals surface area contributed by atoms with E-state index in [0.29, 0.717) is 19.3 Å². The molecule has 0 spiro atoms. The van der Waals surface area contributed by atoms with Gasteiger partial charge in [0.15, 0.2) is 0 Å². The smallest absolute Gasteiger partial charge is 0.342 e. The molecular formula is C23H30O9. The summed E-state index contributed by atoms with van der Waals surface area (Å²) in [6.45, 7) is 1.23. The van der Waals surface area contributed by atoms with Gasteiger partial charge in [0.1, 0.15) is 47.3 Å². The lowest BCUT2D eigenvalue weighted by Crippen LogP contribution is -2.35. The zero-order chi connectivity index (χ0) is 23.3. The Morgan fingerprint density at radius 3 is 2.62 bits per heavy atom. The number of aliphatic hydroxyl groups is 3. The normalized spacial score (nSPS) is 30.8. The number of hydrogen-bond acceptors (Lipinski definition) is 9. The van der Waals surface area contributed by atoms with E-state index in [-0.39, 0.29) is 29.1 Å². The molecule has 2 aliphatic rings. The van der Waals surface area contributed by atoms with Crippen LogP contribution in [0.3, 0.4) is 0 Å². The Labute approximate surface area is 186 Å². The molecule has 0 aliphatic carbocycles. The third-order valence-electron chi connectivity index (χ3n) is 5.53. The molecule has 9 nitrogen and oxygen atoms in total. The van der Waals surface area contributed by atoms with E-state index >= 15 is 0 Å². The van der Waals surface area contributed by atoms with Gasteiger partial charge in [-0.15, -0.1) is 0 Å². The first-order valence-corrected chi connectivity index (χ1v) is 10.8. The Bertz CT molecular complexity index is 850. The lowest BCUT2D eigenvalue weighted by Gasteiger charge is -2.20. The summed E-state index contributed by atoms with van der Waals surface area (Å²) in [6, 6.07) is 2.58. The van der Waals surface area contributed by atoms with Gasteiger partial charge >= 0.3 is 5.97 Å². The number of cyclic esters (lactones) is 1. The SMILES string of the molecule is CC1C/C=C\CCCCC(=O)Cc2cc(OC3OC(CO)C(O)C3O)cc(O)c2C(=O)O1. The molecule has 0 saturated carbocycles. The number of ketones is 1. The molecule has 0 amide bonds. The highest BCUT2D eigenvalue weighted by Crippen LogP contribution is 2.33. The van der Waals surface area contributed by atoms with Gasteiger partial charge in [0.2, 0.25) is 6.29 Å². The molecule has 1 fully saturated rings. The number of Topliss-reactive ketones (excluding diaryl/α,β-unsaturated/α-hetero) is 1. The molecule has 4 N–H and O–H groups in total. The number of carbonyl (C=O) groups is 2. The molecule has 5 unspecified atom stereocenters. The molecule has 9 heteroatoms. The lowest BCUT2D eigenvalue weighted by atomic mass is 9.98. The molecule has 2 aliphatic heterocycles. The van der Waals surface area contributed by atoms with Gasteiger partial charge < -0.3 is 34.6 Å². The van der Waals surface area contributed by atoms with Gasteiger partial charge in [-0.3, -0.25) is 4.79 Å². The topological polar surface area (TPSA) is 143 Å². The molecule has 3 rings (SSSR count). The number of ether oxygens (including phenoxy) is 3. The molecule has 5 atom stereocenters. The van der Waals surface area contributed by atoms with Gasteiger partial charge in [0.05, 0.1) is 6.61 Å². The maximum Gasteiger partial charge on any atom is 0.342 e. The number of phenolic OH excluding ortho intramolecular Hbond substituents is 1. The van der Waals surface area contributed by atoms with E-state index in [0.717, 1.165) is 18.9 Å². The minimum absolute atomic E-state index is 0.0359. The molecule has 32 heavy (non-hydrogen) atoms. The fourth-order valence-corrected chi connectivity index (χ4v) is 3.78. The van der Waals surface area contributed by atoms with Crippen molar-refractivity contribution in [2.24, 2.45) is 0 Å². The highest BCUT2D eigenvalue weighted by atomic mass is 16.7. The largest absolute Gasteiger partial charge is 0.507 e. The summed E-state index contributed by atoms with van der Waals surface area (Å²) in [6.07, 6.45) is 1.62. The number of aromatic hydroxyl groups is 1. The van der Waals surface area contributed by atoms with Crippen LogP contribution in [0.25, 0.3) is 0 Å². The van der Waals surface area contributed by atoms with Crippen LogP contribution in [-0.2, 0) is 20.7 Å². The number of hydrogen-bond donors (Lipinski definition) is 4. The van der Waals surface area contributed by atoms with Crippen LogP contribution in [-0.4, -0.2) is 69.5 Å². The van der Waals surface area contributed by atoms with Crippen molar-refractivity contribution < 1.29 is 44.2 Å². The first-order valence-electron chi connectivity index (χ1n) is 10.8. The zero-order valence-electron chi connectivity index (χ0n) is 18.0. The van der Waals surface area contributed by atoms with Crippen LogP contribution >= 0.6 is 0 Å². The molecule has 0 aromatic heterocycles. The molecule has 1 aromatic carbocycles. The summed E-state index contributed by atoms with van der Waals surface area (Å²) in [5, 5.41) is 39.8. The zero-order valence-corrected chi connectivity index (χ0v) is 18.0. The minimum atomic E-state index is -1.43. The maximum atomic E-state index is 12.8. The first kappa shape index (κ1) is 24.2. The second-order valence-electron chi connectivity index (χ2n) is 8.19. The fourth-order valence-electron chi connectivity index (χ4n) is 3.78. The van der Waals surface area contributed by atoms with Crippen LogP contribution in [0.1, 0.15) is 54.9 Å². The Morgan fingerprint density at radius 2 is 1.91 bits per heavy atom. The molecular weight excluding hydrogens is 420 g/mol. The summed E-state index contributed by atoms with van der Waals surface area (Å²) in [5.74, 6) is -1.24. The van der Waals surface area contributed by atoms with Crippen molar-refractivity contribution in [3.63, 3.8) is 0 Å². The number of carbonyl (C=O) groups excluding carboxylic acids is 2. The standard InChI is InChI=1S/C23H30O9/c1-13-7-5-3-2-4-6-8-15(25)9-14-10-16(11-17(26)19(14)22(29)30-13)31-23-21(28)20(27)18(12-24)32-23/h3,5,10-11,13,18,20-21,23-24,26-28H,2,4,6-9,12H2,1H3/b5-3-. The third-order valence-corrected chi connectivity index (χ3v) is 5.53. The van der Waals surface area contributed by atoms with E-state index in [9.17, 15) is 30.0 Å². The number of phenols is 1. The van der Waals surface area contributed by atoms with Crippen molar-refractivity contribution in [2.45, 2.75) is 76.2 Å². The van der Waals surface area contributed by atoms with Gasteiger partial charge in [0, 0.05) is 25.3 Å². The van der Waals surface area contributed by atoms with E-state index in [2.05, 4.69) is 0 Å². The first-order chi connectivity index (χ1) is 15.3. The quantitative estimate of drug-likeness (QED) is 0.397. The number of allylic oxidation sites excluding steroid dienone is 1. The van der Waals surface area contributed by atoms with Crippen molar-refractivity contribution in [1.29, 1.82) is 0 Å². The predicted molar refractivity (Wildman–Crippen MR) is 112 cm³/mol. The summed E-state index contributed by atoms with van der Waals surface area (Å²) in [5.41, 5.74) is 0.126. The van der Waals surface area contributed by atoms with Gasteiger partial charge in [-0.2, -0.15) is 0 Å². The predicted octanol–water partition coefficient (Wildman–Crippen LogP) is 1.39. The summed E-state index contributed by atoms with van der Waals surface area (Å²) >= 11 is 0. The molecule has 176 valence electrons. The average molecular weight is 450 g/mol. The summed E-state index contributed by atoms with van der Waals surface area (Å²) < 4.78 is 16.3. The van der Waals surface area contributed by atoms with Gasteiger partial charge in [-0.25, -0.2) is 4.79 Å². The van der Waals surface area contributed by atoms with Crippen LogP contribution in [0.15, 0.2) is 24.3 Å². The number of aliphatic hydroxyl groups excluding tert-OH is 3. The van der Waals surface area contributed by atoms with Gasteiger partial charge in [0.25, 0.3) is 0 Å². The van der Waals surface area contributed by atoms with E-state index in [1.807, 2.05) is 12.2 Å². The summed E-state index contributed by atoms with van der Waals surface area (Å²) in [7, 11) is 0. The Kier molecular flexibility index (Phi) is 8.25. The monoisotopic (exact) mass is 450 g/mol. The molecule has 1 aromatic rings. The molecule has 0 bridgehead atoms. The van der Waals surface area contributed by atoms with Crippen molar-refractivity contribution in [3.8, 4) is 11.5 Å². The van der Waals surface area contributed by atoms with E-state index in [1.54, 1.807) is 6.92 Å². The number of fused-ring (bicyclic) bond motifs is 1. The average Bonchev–Trinajstić information content (AvgIpc) is 3.00. The van der Waals surface area contributed by atoms with Crippen molar-refractivity contribution in [3.05, 3.63) is 35.4 Å². The second kappa shape index (κ2) is 10.9. The highest BCUT2D eigenvalue weighted by Gasteiger charge is 2.44. The van der Waals surface area contributed by atoms with Crippen LogP contribution in [0, 0.1) is 0 Å². The van der Waals surface area contributed by atoms with E-state index in [4.69, 9.17) is 14.2 Å². The molecule has 2 heterocycles. The molecule has 0 radical (unpaired) electrons. The Morgan fingerprint density at radius 1 is 1.12 bits per heavy atom. The number of esters is 1. The highest BCUT2D eigenvalue weighted by molar-refractivity contribution is 5.96. The van der Waals surface area contributed by atoms with Crippen molar-refractivity contribution in [1.82, 2.24) is 0 Å². The van der Waals surface area contributed by atoms with Gasteiger partial charge in [-0.1, -0.05) is 12.2 Å². The third kappa shape index (κ3) is 5.86. The van der Waals surface area contributed by atoms with Crippen molar-refractivity contribution in [2.75, 3.05) is 6.61 Å². The summed E-state index contributed by atoms with van der Waals surface area (Å²) in [4.78, 5) is 25.3. The maximum absolute atomic E-state index is 12.8. The lowest BCUT2D eigenvalue weighted by molar-refractivity contribution is -0.118. The van der Waals surface area contributed by atoms with Gasteiger partial charge in [-0.05, 0) is 37.8 Å². The fraction of sp³-hybridized carbons (Fsp3) is 0.565. The number of rotatable bonds is 3. The van der Waals surface area contributed by atoms with Crippen LogP contribution in [0.5, 0.6) is 11.5 Å². The van der Waals surface area contributed by atoms with Crippen molar-refractivity contribution >= 4 is 11.8 Å². The Hall–Kier alpha value is -2.46. The van der Waals surface area contributed by atoms with E-state index in [1.165, 1.54) is 6.07 Å². The van der Waals surface area contributed by atoms with Crippen LogP contribution in [0.2, 0.25) is 0 Å². The van der Waals surface area contributed by atoms with Crippen LogP contribution < -0.4 is 4.74 Å². The Balaban J connectivity index is 1.88. The number of benzene rings is 1. The van der Waals surface area contributed by atoms with Crippen LogP contribution in [0.4, 0.5) is 0 Å². The second-order valence-corrected chi connectivity index (χ2v) is 8.19. The molecule has 1 saturated heterocycles.